The van der Waals surface area contributed by atoms with Crippen LogP contribution in [-0.4, -0.2) is 70.9 Å². The number of anilines is 1. The van der Waals surface area contributed by atoms with Gasteiger partial charge >= 0.3 is 5.97 Å². The van der Waals surface area contributed by atoms with Crippen LogP contribution in [0.1, 0.15) is 90.3 Å². The Labute approximate surface area is 216 Å². The lowest BCUT2D eigenvalue weighted by atomic mass is 9.89. The van der Waals surface area contributed by atoms with Gasteiger partial charge in [0.25, 0.3) is 0 Å². The molecule has 0 spiro atoms. The summed E-state index contributed by atoms with van der Waals surface area (Å²) in [4.78, 5) is 46.0. The van der Waals surface area contributed by atoms with Gasteiger partial charge in [-0.15, -0.1) is 0 Å². The first-order chi connectivity index (χ1) is 17.1. The number of carbonyl (C=O) groups excluding carboxylic acids is 3. The second-order valence-electron chi connectivity index (χ2n) is 11.2. The average Bonchev–Trinajstić information content (AvgIpc) is 2.84. The van der Waals surface area contributed by atoms with Crippen molar-refractivity contribution in [3.63, 3.8) is 0 Å². The largest absolute Gasteiger partial charge is 0.459 e. The minimum atomic E-state index is -0.578. The van der Waals surface area contributed by atoms with Crippen LogP contribution in [0, 0.1) is 5.92 Å². The molecule has 0 saturated carbocycles. The predicted octanol–water partition coefficient (Wildman–Crippen LogP) is 4.14. The van der Waals surface area contributed by atoms with Gasteiger partial charge in [-0.3, -0.25) is 14.4 Å². The highest BCUT2D eigenvalue weighted by molar-refractivity contribution is 5.89. The number of rotatable bonds is 4. The smallest absolute Gasteiger partial charge is 0.326 e. The van der Waals surface area contributed by atoms with Crippen molar-refractivity contribution in [1.29, 1.82) is 0 Å². The molecule has 0 bridgehead atoms. The zero-order valence-electron chi connectivity index (χ0n) is 22.8. The molecule has 3 aliphatic rings. The van der Waals surface area contributed by atoms with E-state index in [1.807, 2.05) is 4.90 Å². The van der Waals surface area contributed by atoms with Crippen molar-refractivity contribution in [1.82, 2.24) is 14.8 Å². The fourth-order valence-electron chi connectivity index (χ4n) is 5.01. The number of ether oxygens (including phenoxy) is 1. The van der Waals surface area contributed by atoms with E-state index in [1.54, 1.807) is 20.8 Å². The van der Waals surface area contributed by atoms with E-state index in [9.17, 15) is 14.4 Å². The highest BCUT2D eigenvalue weighted by Gasteiger charge is 2.35. The summed E-state index contributed by atoms with van der Waals surface area (Å²) in [7, 11) is 0. The van der Waals surface area contributed by atoms with E-state index in [0.29, 0.717) is 32.0 Å². The molecule has 36 heavy (non-hydrogen) atoms. The minimum absolute atomic E-state index is 0.0506. The summed E-state index contributed by atoms with van der Waals surface area (Å²) in [6, 6.07) is 4.34. The van der Waals surface area contributed by atoms with Crippen molar-refractivity contribution < 1.29 is 19.1 Å². The first-order valence-electron chi connectivity index (χ1n) is 13.6. The Balaban J connectivity index is 0.00000115. The number of hydrogen-bond acceptors (Lipinski definition) is 6. The van der Waals surface area contributed by atoms with Gasteiger partial charge < -0.3 is 19.9 Å². The number of esters is 1. The molecule has 2 fully saturated rings. The number of piperidine rings is 2. The zero-order valence-corrected chi connectivity index (χ0v) is 22.8. The van der Waals surface area contributed by atoms with E-state index in [2.05, 4.69) is 31.3 Å². The molecule has 1 N–H and O–H groups in total. The third-order valence-corrected chi connectivity index (χ3v) is 6.75. The fraction of sp³-hybridized carbons (Fsp3) is 0.714. The summed E-state index contributed by atoms with van der Waals surface area (Å²) in [5, 5.41) is 3.40. The summed E-state index contributed by atoms with van der Waals surface area (Å²) in [5.74, 6) is 0.600. The van der Waals surface area contributed by atoms with Crippen LogP contribution < -0.4 is 5.32 Å². The topological polar surface area (TPSA) is 91.8 Å². The molecular weight excluding hydrogens is 456 g/mol. The number of aromatic nitrogens is 1. The number of aryl methyl sites for hydroxylation is 1. The monoisotopic (exact) mass is 500 g/mol. The van der Waals surface area contributed by atoms with Crippen LogP contribution in [0.5, 0.6) is 0 Å². The molecule has 2 amide bonds. The maximum absolute atomic E-state index is 13.1. The Morgan fingerprint density at radius 2 is 1.81 bits per heavy atom. The van der Waals surface area contributed by atoms with Crippen LogP contribution in [-0.2, 0) is 25.5 Å². The Morgan fingerprint density at radius 1 is 1.11 bits per heavy atom. The molecule has 1 atom stereocenters. The number of pyridine rings is 1. The highest BCUT2D eigenvalue weighted by atomic mass is 16.6. The van der Waals surface area contributed by atoms with Crippen molar-refractivity contribution in [3.8, 4) is 0 Å². The van der Waals surface area contributed by atoms with Crippen LogP contribution >= 0.6 is 0 Å². The Hall–Kier alpha value is -2.64. The first-order valence-corrected chi connectivity index (χ1v) is 13.6. The van der Waals surface area contributed by atoms with Gasteiger partial charge in [0.05, 0.1) is 0 Å². The number of amides is 2. The van der Waals surface area contributed by atoms with E-state index in [0.717, 1.165) is 43.7 Å². The van der Waals surface area contributed by atoms with Gasteiger partial charge in [-0.25, -0.2) is 4.98 Å². The lowest BCUT2D eigenvalue weighted by Crippen LogP contribution is -2.48. The van der Waals surface area contributed by atoms with Crippen LogP contribution in [0.4, 0.5) is 5.82 Å². The lowest BCUT2D eigenvalue weighted by molar-refractivity contribution is -0.160. The molecule has 1 aromatic rings. The first kappa shape index (κ1) is 27.9. The second-order valence-corrected chi connectivity index (χ2v) is 11.2. The maximum Gasteiger partial charge on any atom is 0.326 e. The number of nitrogens with zero attached hydrogens (tertiary/aromatic N) is 3. The number of hydrogen-bond donors (Lipinski definition) is 1. The molecule has 2 saturated heterocycles. The number of fused-ring (bicyclic) bond motifs is 1. The van der Waals surface area contributed by atoms with Gasteiger partial charge in [-0.1, -0.05) is 26.3 Å². The summed E-state index contributed by atoms with van der Waals surface area (Å²) >= 11 is 0. The van der Waals surface area contributed by atoms with E-state index >= 15 is 0 Å². The van der Waals surface area contributed by atoms with Crippen molar-refractivity contribution in [3.05, 3.63) is 23.4 Å². The minimum Gasteiger partial charge on any atom is -0.459 e. The average molecular weight is 501 g/mol. The van der Waals surface area contributed by atoms with Gasteiger partial charge in [0, 0.05) is 50.1 Å². The normalized spacial score (nSPS) is 20.6. The summed E-state index contributed by atoms with van der Waals surface area (Å²) in [5.41, 5.74) is 1.83. The summed E-state index contributed by atoms with van der Waals surface area (Å²) < 4.78 is 5.32. The van der Waals surface area contributed by atoms with Crippen LogP contribution in [0.3, 0.4) is 0 Å². The molecule has 3 aliphatic heterocycles. The van der Waals surface area contributed by atoms with Crippen LogP contribution in [0.2, 0.25) is 0 Å². The molecule has 4 heterocycles. The molecule has 0 aliphatic carbocycles. The lowest BCUT2D eigenvalue weighted by Gasteiger charge is -2.37. The molecule has 0 radical (unpaired) electrons. The maximum atomic E-state index is 13.1. The third kappa shape index (κ3) is 7.68. The third-order valence-electron chi connectivity index (χ3n) is 6.75. The van der Waals surface area contributed by atoms with Gasteiger partial charge in [-0.05, 0) is 64.5 Å². The summed E-state index contributed by atoms with van der Waals surface area (Å²) in [6.45, 7) is 12.4. The van der Waals surface area contributed by atoms with E-state index in [-0.39, 0.29) is 30.7 Å². The molecule has 1 aromatic heterocycles. The fourth-order valence-corrected chi connectivity index (χ4v) is 5.01. The molecule has 1 unspecified atom stereocenters. The number of likely N-dealkylation sites (tertiary alicyclic amines) is 2. The molecular formula is C28H44N4O4. The SMILES string of the molecule is CC(C)(C)OC(=O)CN1CCC(C(=O)N2CCC(c3ccc4c(n3)NCCC4)CC2)CC1=O.CCC. The van der Waals surface area contributed by atoms with Crippen molar-refractivity contribution in [2.45, 2.75) is 91.1 Å². The van der Waals surface area contributed by atoms with Gasteiger partial charge in [0.1, 0.15) is 18.0 Å². The molecule has 0 aromatic carbocycles. The van der Waals surface area contributed by atoms with E-state index in [1.165, 1.54) is 16.9 Å². The Bertz CT molecular complexity index is 919. The summed E-state index contributed by atoms with van der Waals surface area (Å²) in [6.07, 6.45) is 6.02. The Morgan fingerprint density at radius 3 is 2.44 bits per heavy atom. The molecule has 4 rings (SSSR count). The quantitative estimate of drug-likeness (QED) is 0.625. The van der Waals surface area contributed by atoms with Crippen molar-refractivity contribution >= 4 is 23.6 Å². The highest BCUT2D eigenvalue weighted by Crippen LogP contribution is 2.31. The van der Waals surface area contributed by atoms with Gasteiger partial charge in [-0.2, -0.15) is 0 Å². The second kappa shape index (κ2) is 12.5. The van der Waals surface area contributed by atoms with E-state index < -0.39 is 11.6 Å². The van der Waals surface area contributed by atoms with Crippen molar-refractivity contribution in [2.75, 3.05) is 38.0 Å². The Kier molecular flexibility index (Phi) is 9.74. The molecule has 8 heteroatoms. The predicted molar refractivity (Wildman–Crippen MR) is 141 cm³/mol. The zero-order chi connectivity index (χ0) is 26.3. The van der Waals surface area contributed by atoms with Crippen LogP contribution in [0.25, 0.3) is 0 Å². The van der Waals surface area contributed by atoms with Crippen LogP contribution in [0.15, 0.2) is 12.1 Å². The van der Waals surface area contributed by atoms with Gasteiger partial charge in [0.15, 0.2) is 0 Å². The standard InChI is InChI=1S/C25H36N4O4.C3H8/c1-25(2,3)33-22(31)16-29-14-10-19(15-21(29)30)24(32)28-12-8-17(9-13-28)20-7-6-18-5-4-11-26-23(18)27-20;1-3-2/h6-7,17,19H,4-5,8-16H2,1-3H3,(H,26,27);3H2,1-2H3. The van der Waals surface area contributed by atoms with E-state index in [4.69, 9.17) is 9.72 Å². The number of carbonyl (C=O) groups is 3. The van der Waals surface area contributed by atoms with Gasteiger partial charge in [0.2, 0.25) is 11.8 Å². The van der Waals surface area contributed by atoms with Crippen molar-refractivity contribution in [2.24, 2.45) is 5.92 Å². The molecule has 200 valence electrons. The number of nitrogens with one attached hydrogen (secondary N) is 1. The molecule has 8 nitrogen and oxygen atoms in total.